The number of aromatic amines is 1. The molecule has 0 aliphatic carbocycles. The van der Waals surface area contributed by atoms with Crippen molar-refractivity contribution in [1.29, 1.82) is 0 Å². The number of hydrogen-bond acceptors (Lipinski definition) is 4. The molecule has 108 valence electrons. The number of imidazole rings is 1. The van der Waals surface area contributed by atoms with Crippen LogP contribution < -0.4 is 9.64 Å². The number of anilines is 1. The summed E-state index contributed by atoms with van der Waals surface area (Å²) in [6.07, 6.45) is 5.67. The summed E-state index contributed by atoms with van der Waals surface area (Å²) in [5, 5.41) is 0. The largest absolute Gasteiger partial charge is 0.490 e. The Bertz CT molecular complexity index is 528. The number of nitrogens with one attached hydrogen (secondary N) is 1. The molecule has 1 aromatic heterocycles. The zero-order valence-electron chi connectivity index (χ0n) is 12.2. The van der Waals surface area contributed by atoms with Gasteiger partial charge in [0.15, 0.2) is 0 Å². The first-order valence-electron chi connectivity index (χ1n) is 6.90. The molecule has 4 nitrogen and oxygen atoms in total. The van der Waals surface area contributed by atoms with E-state index < -0.39 is 0 Å². The minimum Gasteiger partial charge on any atom is -0.490 e. The van der Waals surface area contributed by atoms with Crippen LogP contribution >= 0.6 is 11.8 Å². The normalized spacial score (nSPS) is 13.1. The van der Waals surface area contributed by atoms with Crippen molar-refractivity contribution in [2.45, 2.75) is 25.3 Å². The summed E-state index contributed by atoms with van der Waals surface area (Å²) in [6.45, 7) is 6.48. The van der Waals surface area contributed by atoms with E-state index in [1.165, 1.54) is 10.6 Å². The van der Waals surface area contributed by atoms with Crippen molar-refractivity contribution in [2.24, 2.45) is 0 Å². The summed E-state index contributed by atoms with van der Waals surface area (Å²) in [7, 11) is 0. The van der Waals surface area contributed by atoms with Crippen LogP contribution in [0.1, 0.15) is 19.5 Å². The molecule has 1 aliphatic heterocycles. The third kappa shape index (κ3) is 3.28. The molecule has 0 saturated heterocycles. The lowest BCUT2D eigenvalue weighted by molar-refractivity contribution is 0.306. The van der Waals surface area contributed by atoms with Gasteiger partial charge in [0.1, 0.15) is 12.4 Å². The molecule has 1 N–H and O–H groups in total. The summed E-state index contributed by atoms with van der Waals surface area (Å²) < 4.78 is 5.70. The molecular weight excluding hydrogens is 270 g/mol. The topological polar surface area (TPSA) is 41.2 Å². The van der Waals surface area contributed by atoms with Gasteiger partial charge >= 0.3 is 0 Å². The monoisotopic (exact) mass is 291 g/mol. The minimum atomic E-state index is 0.736. The second-order valence-electron chi connectivity index (χ2n) is 4.18. The fourth-order valence-corrected chi connectivity index (χ4v) is 2.55. The van der Waals surface area contributed by atoms with E-state index in [9.17, 15) is 0 Å². The van der Waals surface area contributed by atoms with E-state index >= 15 is 0 Å². The molecule has 0 fully saturated rings. The Morgan fingerprint density at radius 3 is 2.95 bits per heavy atom. The van der Waals surface area contributed by atoms with Crippen LogP contribution in [0.3, 0.4) is 0 Å². The number of fused-ring (bicyclic) bond motifs is 1. The van der Waals surface area contributed by atoms with E-state index in [1.54, 1.807) is 18.1 Å². The van der Waals surface area contributed by atoms with Gasteiger partial charge in [0.25, 0.3) is 0 Å². The molecule has 2 heterocycles. The lowest BCUT2D eigenvalue weighted by atomic mass is 10.2. The van der Waals surface area contributed by atoms with Crippen LogP contribution in [-0.2, 0) is 6.54 Å². The Morgan fingerprint density at radius 1 is 1.40 bits per heavy atom. The van der Waals surface area contributed by atoms with Crippen molar-refractivity contribution in [2.75, 3.05) is 24.3 Å². The van der Waals surface area contributed by atoms with Crippen LogP contribution in [0, 0.1) is 0 Å². The summed E-state index contributed by atoms with van der Waals surface area (Å²) in [5.74, 6) is 0.971. The zero-order valence-corrected chi connectivity index (χ0v) is 13.0. The van der Waals surface area contributed by atoms with Crippen molar-refractivity contribution in [3.05, 3.63) is 36.4 Å². The standard InChI is InChI=1S/C13H15N3OS.C2H6/c1-18-11-2-3-13-12(6-11)16(4-5-17-13)8-10-7-14-9-15-10;1-2/h2-3,6-7,9H,4-5,8H2,1H3,(H,14,15);1-2H3. The van der Waals surface area contributed by atoms with Gasteiger partial charge < -0.3 is 14.6 Å². The number of H-pyrrole nitrogens is 1. The number of thioether (sulfide) groups is 1. The van der Waals surface area contributed by atoms with Crippen molar-refractivity contribution >= 4 is 17.4 Å². The van der Waals surface area contributed by atoms with E-state index in [4.69, 9.17) is 4.74 Å². The van der Waals surface area contributed by atoms with Gasteiger partial charge in [0.05, 0.1) is 30.8 Å². The molecule has 2 aromatic rings. The maximum absolute atomic E-state index is 5.70. The number of rotatable bonds is 3. The molecule has 20 heavy (non-hydrogen) atoms. The summed E-state index contributed by atoms with van der Waals surface area (Å²) >= 11 is 1.75. The van der Waals surface area contributed by atoms with Crippen LogP contribution in [-0.4, -0.2) is 29.4 Å². The SMILES string of the molecule is CC.CSc1ccc2c(c1)N(Cc1cnc[nH]1)CCO2. The lowest BCUT2D eigenvalue weighted by Gasteiger charge is -2.31. The van der Waals surface area contributed by atoms with E-state index in [1.807, 2.05) is 20.0 Å². The first kappa shape index (κ1) is 14.8. The molecule has 0 spiro atoms. The molecule has 3 rings (SSSR count). The van der Waals surface area contributed by atoms with Gasteiger partial charge in [-0.3, -0.25) is 0 Å². The number of aromatic nitrogens is 2. The molecule has 0 amide bonds. The van der Waals surface area contributed by atoms with Crippen LogP contribution in [0.15, 0.2) is 35.6 Å². The fraction of sp³-hybridized carbons (Fsp3) is 0.400. The van der Waals surface area contributed by atoms with Crippen LogP contribution in [0.4, 0.5) is 5.69 Å². The second kappa shape index (κ2) is 7.24. The average molecular weight is 291 g/mol. The Morgan fingerprint density at radius 2 is 2.25 bits per heavy atom. The van der Waals surface area contributed by atoms with Gasteiger partial charge in [-0.1, -0.05) is 13.8 Å². The maximum atomic E-state index is 5.70. The lowest BCUT2D eigenvalue weighted by Crippen LogP contribution is -2.32. The third-order valence-electron chi connectivity index (χ3n) is 3.04. The van der Waals surface area contributed by atoms with Crippen molar-refractivity contribution in [3.8, 4) is 5.75 Å². The van der Waals surface area contributed by atoms with Gasteiger partial charge in [-0.15, -0.1) is 11.8 Å². The molecule has 0 bridgehead atoms. The van der Waals surface area contributed by atoms with Gasteiger partial charge in [-0.25, -0.2) is 4.98 Å². The highest BCUT2D eigenvalue weighted by molar-refractivity contribution is 7.98. The summed E-state index contributed by atoms with van der Waals surface area (Å²) in [4.78, 5) is 10.8. The van der Waals surface area contributed by atoms with Gasteiger partial charge in [0, 0.05) is 11.1 Å². The van der Waals surface area contributed by atoms with E-state index in [-0.39, 0.29) is 0 Å². The first-order valence-corrected chi connectivity index (χ1v) is 8.12. The Balaban J connectivity index is 0.000000704. The predicted octanol–water partition coefficient (Wildman–Crippen LogP) is 3.56. The first-order chi connectivity index (χ1) is 9.86. The van der Waals surface area contributed by atoms with Gasteiger partial charge in [-0.05, 0) is 24.5 Å². The number of nitrogens with zero attached hydrogens (tertiary/aromatic N) is 2. The van der Waals surface area contributed by atoms with E-state index in [0.717, 1.165) is 31.1 Å². The molecule has 1 aliphatic rings. The highest BCUT2D eigenvalue weighted by Gasteiger charge is 2.18. The smallest absolute Gasteiger partial charge is 0.142 e. The molecule has 0 radical (unpaired) electrons. The molecule has 0 atom stereocenters. The molecule has 5 heteroatoms. The predicted molar refractivity (Wildman–Crippen MR) is 84.7 cm³/mol. The van der Waals surface area contributed by atoms with Crippen molar-refractivity contribution in [3.63, 3.8) is 0 Å². The average Bonchev–Trinajstić information content (AvgIpc) is 3.02. The Kier molecular flexibility index (Phi) is 5.35. The highest BCUT2D eigenvalue weighted by atomic mass is 32.2. The Labute approximate surface area is 124 Å². The number of ether oxygens (including phenoxy) is 1. The molecule has 0 unspecified atom stereocenters. The van der Waals surface area contributed by atoms with Crippen molar-refractivity contribution in [1.82, 2.24) is 9.97 Å². The summed E-state index contributed by atoms with van der Waals surface area (Å²) in [6, 6.07) is 6.35. The van der Waals surface area contributed by atoms with Crippen LogP contribution in [0.5, 0.6) is 5.75 Å². The maximum Gasteiger partial charge on any atom is 0.142 e. The van der Waals surface area contributed by atoms with E-state index in [2.05, 4.69) is 39.3 Å². The summed E-state index contributed by atoms with van der Waals surface area (Å²) in [5.41, 5.74) is 2.29. The zero-order chi connectivity index (χ0) is 14.4. The minimum absolute atomic E-state index is 0.736. The number of benzene rings is 1. The fourth-order valence-electron chi connectivity index (χ4n) is 2.12. The third-order valence-corrected chi connectivity index (χ3v) is 3.77. The van der Waals surface area contributed by atoms with Crippen LogP contribution in [0.25, 0.3) is 0 Å². The van der Waals surface area contributed by atoms with Crippen LogP contribution in [0.2, 0.25) is 0 Å². The van der Waals surface area contributed by atoms with Gasteiger partial charge in [0.2, 0.25) is 0 Å². The molecule has 0 saturated carbocycles. The van der Waals surface area contributed by atoms with Crippen molar-refractivity contribution < 1.29 is 4.74 Å². The second-order valence-corrected chi connectivity index (χ2v) is 5.06. The highest BCUT2D eigenvalue weighted by Crippen LogP contribution is 2.35. The van der Waals surface area contributed by atoms with Gasteiger partial charge in [-0.2, -0.15) is 0 Å². The van der Waals surface area contributed by atoms with E-state index in [0.29, 0.717) is 0 Å². The Hall–Kier alpha value is -1.62. The quantitative estimate of drug-likeness (QED) is 0.878. The number of hydrogen-bond donors (Lipinski definition) is 1. The molecular formula is C15H21N3OS. The molecule has 1 aromatic carbocycles.